The van der Waals surface area contributed by atoms with E-state index in [4.69, 9.17) is 32.7 Å². The van der Waals surface area contributed by atoms with Crippen molar-refractivity contribution in [1.29, 1.82) is 0 Å². The number of amides is 2. The second-order valence-electron chi connectivity index (χ2n) is 7.76. The molecule has 0 radical (unpaired) electrons. The Labute approximate surface area is 226 Å². The van der Waals surface area contributed by atoms with Crippen LogP contribution in [0.1, 0.15) is 30.0 Å². The maximum atomic E-state index is 12.8. The summed E-state index contributed by atoms with van der Waals surface area (Å²) in [4.78, 5) is 24.0. The van der Waals surface area contributed by atoms with Crippen LogP contribution in [0.5, 0.6) is 11.5 Å². The normalized spacial score (nSPS) is 11.3. The number of ether oxygens (including phenoxy) is 2. The van der Waals surface area contributed by atoms with Gasteiger partial charge in [0.25, 0.3) is 0 Å². The predicted molar refractivity (Wildman–Crippen MR) is 139 cm³/mol. The molecule has 0 saturated heterocycles. The molecule has 7 nitrogen and oxygen atoms in total. The van der Waals surface area contributed by atoms with Crippen molar-refractivity contribution in [3.05, 3.63) is 87.4 Å². The van der Waals surface area contributed by atoms with Crippen LogP contribution >= 0.6 is 23.2 Å². The van der Waals surface area contributed by atoms with Gasteiger partial charge in [-0.05, 0) is 61.0 Å². The second kappa shape index (κ2) is 13.2. The van der Waals surface area contributed by atoms with E-state index >= 15 is 0 Å². The highest BCUT2D eigenvalue weighted by molar-refractivity contribution is 6.35. The number of carbonyl (C=O) groups is 2. The van der Waals surface area contributed by atoms with E-state index in [0.717, 1.165) is 23.8 Å². The molecule has 0 aliphatic heterocycles. The minimum Gasteiger partial charge on any atom is -0.490 e. The number of nitrogens with zero attached hydrogens (tertiary/aromatic N) is 1. The summed E-state index contributed by atoms with van der Waals surface area (Å²) < 4.78 is 49.9. The van der Waals surface area contributed by atoms with Crippen LogP contribution in [0.25, 0.3) is 0 Å². The zero-order valence-electron chi connectivity index (χ0n) is 19.9. The Morgan fingerprint density at radius 2 is 1.76 bits per heavy atom. The number of rotatable bonds is 10. The van der Waals surface area contributed by atoms with Crippen LogP contribution in [-0.2, 0) is 22.4 Å². The zero-order chi connectivity index (χ0) is 27.7. The van der Waals surface area contributed by atoms with Crippen molar-refractivity contribution in [3.8, 4) is 11.5 Å². The molecule has 0 aliphatic rings. The van der Waals surface area contributed by atoms with Crippen LogP contribution in [0.2, 0.25) is 10.0 Å². The summed E-state index contributed by atoms with van der Waals surface area (Å²) in [5.41, 5.74) is 2.51. The quantitative estimate of drug-likeness (QED) is 0.167. The molecule has 0 spiro atoms. The molecule has 38 heavy (non-hydrogen) atoms. The van der Waals surface area contributed by atoms with Crippen LogP contribution in [-0.4, -0.2) is 24.6 Å². The molecule has 3 aromatic carbocycles. The number of benzene rings is 3. The number of anilines is 1. The lowest BCUT2D eigenvalue weighted by atomic mass is 10.2. The van der Waals surface area contributed by atoms with Gasteiger partial charge in [-0.15, -0.1) is 0 Å². The first-order valence-electron chi connectivity index (χ1n) is 11.2. The van der Waals surface area contributed by atoms with Crippen LogP contribution in [0.4, 0.5) is 18.9 Å². The Morgan fingerprint density at radius 1 is 0.974 bits per heavy atom. The van der Waals surface area contributed by atoms with E-state index in [1.807, 2.05) is 6.92 Å². The minimum absolute atomic E-state index is 0.0785. The van der Waals surface area contributed by atoms with Crippen molar-refractivity contribution in [2.75, 3.05) is 11.9 Å². The van der Waals surface area contributed by atoms with Crippen molar-refractivity contribution < 1.29 is 32.2 Å². The van der Waals surface area contributed by atoms with E-state index in [-0.39, 0.29) is 12.3 Å². The Balaban J connectivity index is 1.55. The highest BCUT2D eigenvalue weighted by Crippen LogP contribution is 2.31. The number of hydrazone groups is 1. The molecule has 3 aromatic rings. The minimum atomic E-state index is -4.55. The average Bonchev–Trinajstić information content (AvgIpc) is 2.84. The van der Waals surface area contributed by atoms with Gasteiger partial charge in [-0.3, -0.25) is 9.59 Å². The molecule has 12 heteroatoms. The van der Waals surface area contributed by atoms with Crippen molar-refractivity contribution in [1.82, 2.24) is 5.43 Å². The van der Waals surface area contributed by atoms with Crippen molar-refractivity contribution >= 4 is 46.9 Å². The van der Waals surface area contributed by atoms with E-state index < -0.39 is 30.0 Å². The fourth-order valence-electron chi connectivity index (χ4n) is 3.13. The lowest BCUT2D eigenvalue weighted by Crippen LogP contribution is -2.24. The third-order valence-electron chi connectivity index (χ3n) is 4.86. The lowest BCUT2D eigenvalue weighted by Gasteiger charge is -2.13. The zero-order valence-corrected chi connectivity index (χ0v) is 21.5. The monoisotopic (exact) mass is 567 g/mol. The maximum absolute atomic E-state index is 12.8. The molecule has 0 atom stereocenters. The third kappa shape index (κ3) is 8.67. The molecule has 0 fully saturated rings. The molecule has 2 amide bonds. The molecule has 200 valence electrons. The smallest absolute Gasteiger partial charge is 0.416 e. The standard InChI is InChI=1S/C26H22Cl2F3N3O4/c1-2-37-23-10-16(6-9-22(23)38-15-17-7-8-19(27)12-21(17)28)14-32-34-25(36)13-24(35)33-20-5-3-4-18(11-20)26(29,30)31/h3-12,14H,2,13,15H2,1H3,(H,33,35)(H,34,36). The molecule has 0 aromatic heterocycles. The number of nitrogens with one attached hydrogen (secondary N) is 2. The number of halogens is 5. The summed E-state index contributed by atoms with van der Waals surface area (Å²) in [5.74, 6) is -0.646. The maximum Gasteiger partial charge on any atom is 0.416 e. The molecule has 0 bridgehead atoms. The van der Waals surface area contributed by atoms with Gasteiger partial charge in [0.15, 0.2) is 11.5 Å². The molecule has 3 rings (SSSR count). The van der Waals surface area contributed by atoms with E-state index in [1.54, 1.807) is 36.4 Å². The van der Waals surface area contributed by atoms with Crippen molar-refractivity contribution in [3.63, 3.8) is 0 Å². The highest BCUT2D eigenvalue weighted by Gasteiger charge is 2.30. The summed E-state index contributed by atoms with van der Waals surface area (Å²) in [7, 11) is 0. The fraction of sp³-hybridized carbons (Fsp3) is 0.192. The Kier molecular flexibility index (Phi) is 9.98. The van der Waals surface area contributed by atoms with Gasteiger partial charge < -0.3 is 14.8 Å². The van der Waals surface area contributed by atoms with Crippen LogP contribution in [0.3, 0.4) is 0 Å². The Hall–Kier alpha value is -3.76. The largest absolute Gasteiger partial charge is 0.490 e. The number of carbonyl (C=O) groups excluding carboxylic acids is 2. The predicted octanol–water partition coefficient (Wildman–Crippen LogP) is 6.47. The van der Waals surface area contributed by atoms with Crippen LogP contribution in [0, 0.1) is 0 Å². The summed E-state index contributed by atoms with van der Waals surface area (Å²) in [6, 6.07) is 14.2. The Morgan fingerprint density at radius 3 is 2.47 bits per heavy atom. The summed E-state index contributed by atoms with van der Waals surface area (Å²) in [6.07, 6.45) is -3.85. The SMILES string of the molecule is CCOc1cc(C=NNC(=O)CC(=O)Nc2cccc(C(F)(F)F)c2)ccc1OCc1ccc(Cl)cc1Cl. The first kappa shape index (κ1) is 28.8. The molecule has 0 heterocycles. The molecule has 0 aliphatic carbocycles. The molecule has 0 saturated carbocycles. The van der Waals surface area contributed by atoms with Gasteiger partial charge in [0.2, 0.25) is 11.8 Å². The third-order valence-corrected chi connectivity index (χ3v) is 5.45. The van der Waals surface area contributed by atoms with Gasteiger partial charge >= 0.3 is 6.18 Å². The average molecular weight is 568 g/mol. The van der Waals surface area contributed by atoms with Gasteiger partial charge in [-0.25, -0.2) is 5.43 Å². The van der Waals surface area contributed by atoms with E-state index in [2.05, 4.69) is 15.8 Å². The number of alkyl halides is 3. The van der Waals surface area contributed by atoms with Crippen molar-refractivity contribution in [2.24, 2.45) is 5.10 Å². The lowest BCUT2D eigenvalue weighted by molar-refractivity contribution is -0.137. The number of hydrogen-bond donors (Lipinski definition) is 2. The molecular formula is C26H22Cl2F3N3O4. The Bertz CT molecular complexity index is 1330. The number of hydrogen-bond acceptors (Lipinski definition) is 5. The van der Waals surface area contributed by atoms with Crippen LogP contribution in [0.15, 0.2) is 65.8 Å². The van der Waals surface area contributed by atoms with Gasteiger partial charge in [0.1, 0.15) is 13.0 Å². The summed E-state index contributed by atoms with van der Waals surface area (Å²) >= 11 is 12.1. The molecular weight excluding hydrogens is 546 g/mol. The summed E-state index contributed by atoms with van der Waals surface area (Å²) in [5, 5.41) is 7.05. The molecule has 2 N–H and O–H groups in total. The van der Waals surface area contributed by atoms with Crippen LogP contribution < -0.4 is 20.2 Å². The second-order valence-corrected chi connectivity index (χ2v) is 8.60. The fourth-order valence-corrected chi connectivity index (χ4v) is 3.59. The van der Waals surface area contributed by atoms with E-state index in [1.165, 1.54) is 12.3 Å². The van der Waals surface area contributed by atoms with Gasteiger partial charge in [0, 0.05) is 21.3 Å². The van der Waals surface area contributed by atoms with Gasteiger partial charge in [-0.2, -0.15) is 18.3 Å². The van der Waals surface area contributed by atoms with E-state index in [9.17, 15) is 22.8 Å². The molecule has 0 unspecified atom stereocenters. The van der Waals surface area contributed by atoms with Gasteiger partial charge in [-0.1, -0.05) is 35.3 Å². The highest BCUT2D eigenvalue weighted by atomic mass is 35.5. The van der Waals surface area contributed by atoms with E-state index in [0.29, 0.717) is 33.7 Å². The first-order chi connectivity index (χ1) is 18.0. The first-order valence-corrected chi connectivity index (χ1v) is 11.9. The van der Waals surface area contributed by atoms with Crippen molar-refractivity contribution in [2.45, 2.75) is 26.1 Å². The van der Waals surface area contributed by atoms with Gasteiger partial charge in [0.05, 0.1) is 18.4 Å². The summed E-state index contributed by atoms with van der Waals surface area (Å²) in [6.45, 7) is 2.36. The topological polar surface area (TPSA) is 89.0 Å².